The summed E-state index contributed by atoms with van der Waals surface area (Å²) in [5, 5.41) is 10.8. The van der Waals surface area contributed by atoms with Gasteiger partial charge in [-0.05, 0) is 48.2 Å². The van der Waals surface area contributed by atoms with E-state index in [0.717, 1.165) is 22.4 Å². The summed E-state index contributed by atoms with van der Waals surface area (Å²) >= 11 is 6.63. The molecule has 0 saturated carbocycles. The van der Waals surface area contributed by atoms with Crippen molar-refractivity contribution in [1.29, 1.82) is 0 Å². The third-order valence-corrected chi connectivity index (χ3v) is 5.36. The smallest absolute Gasteiger partial charge is 0.270 e. The molecule has 0 aliphatic carbocycles. The number of amides is 1. The van der Waals surface area contributed by atoms with Gasteiger partial charge in [0.2, 0.25) is 0 Å². The zero-order valence-electron chi connectivity index (χ0n) is 13.6. The molecule has 3 rings (SSSR count). The van der Waals surface area contributed by atoms with E-state index in [1.165, 1.54) is 23.9 Å². The van der Waals surface area contributed by atoms with Crippen LogP contribution in [0.4, 0.5) is 5.69 Å². The Balaban J connectivity index is 1.93. The highest BCUT2D eigenvalue weighted by atomic mass is 32.2. The monoisotopic (exact) mass is 368 g/mol. The molecule has 1 aliphatic rings. The Labute approximate surface area is 155 Å². The Morgan fingerprint density at radius 1 is 1.16 bits per heavy atom. The molecule has 126 valence electrons. The molecular weight excluding hydrogens is 354 g/mol. The van der Waals surface area contributed by atoms with Gasteiger partial charge in [0, 0.05) is 0 Å². The standard InChI is InChI=1S/C19H15NO3S2/c1-11-4-3-5-15(12(11)2)20-17(21)16(25-19(20)24)10-13-6-8-14(9-7-13)18(22)23/h3-10H,1-2H3,(H,22,23)/p-1. The van der Waals surface area contributed by atoms with E-state index < -0.39 is 5.97 Å². The van der Waals surface area contributed by atoms with E-state index in [2.05, 4.69) is 0 Å². The van der Waals surface area contributed by atoms with Crippen molar-refractivity contribution < 1.29 is 14.7 Å². The number of hydrogen-bond acceptors (Lipinski definition) is 5. The van der Waals surface area contributed by atoms with Gasteiger partial charge in [-0.2, -0.15) is 0 Å². The topological polar surface area (TPSA) is 60.4 Å². The number of rotatable bonds is 3. The van der Waals surface area contributed by atoms with Crippen molar-refractivity contribution in [3.8, 4) is 0 Å². The van der Waals surface area contributed by atoms with Crippen LogP contribution in [0.15, 0.2) is 47.4 Å². The predicted octanol–water partition coefficient (Wildman–Crippen LogP) is 3.07. The SMILES string of the molecule is Cc1cccc(N2C(=O)C(=Cc3ccc(C(=O)[O-])cc3)SC2=S)c1C. The lowest BCUT2D eigenvalue weighted by Crippen LogP contribution is -2.28. The maximum absolute atomic E-state index is 12.8. The molecule has 1 heterocycles. The van der Waals surface area contributed by atoms with Crippen molar-refractivity contribution in [3.05, 3.63) is 69.6 Å². The molecule has 0 bridgehead atoms. The van der Waals surface area contributed by atoms with Crippen LogP contribution in [0.3, 0.4) is 0 Å². The van der Waals surface area contributed by atoms with E-state index in [0.29, 0.717) is 9.23 Å². The Bertz CT molecular complexity index is 917. The minimum absolute atomic E-state index is 0.0973. The van der Waals surface area contributed by atoms with Crippen LogP contribution in [0.25, 0.3) is 6.08 Å². The van der Waals surface area contributed by atoms with Crippen LogP contribution in [-0.2, 0) is 4.79 Å². The number of thioether (sulfide) groups is 1. The molecule has 1 fully saturated rings. The fraction of sp³-hybridized carbons (Fsp3) is 0.105. The van der Waals surface area contributed by atoms with Gasteiger partial charge in [0.15, 0.2) is 4.32 Å². The molecule has 2 aromatic carbocycles. The second kappa shape index (κ2) is 6.82. The van der Waals surface area contributed by atoms with E-state index >= 15 is 0 Å². The zero-order valence-corrected chi connectivity index (χ0v) is 15.2. The van der Waals surface area contributed by atoms with Crippen LogP contribution in [0, 0.1) is 13.8 Å². The summed E-state index contributed by atoms with van der Waals surface area (Å²) in [5.74, 6) is -1.40. The number of carbonyl (C=O) groups excluding carboxylic acids is 2. The molecule has 0 aromatic heterocycles. The number of hydrogen-bond donors (Lipinski definition) is 0. The first-order valence-electron chi connectivity index (χ1n) is 7.54. The van der Waals surface area contributed by atoms with Gasteiger partial charge in [-0.3, -0.25) is 9.69 Å². The molecule has 6 heteroatoms. The second-order valence-electron chi connectivity index (χ2n) is 5.65. The summed E-state index contributed by atoms with van der Waals surface area (Å²) in [6, 6.07) is 11.9. The van der Waals surface area contributed by atoms with Gasteiger partial charge in [0.25, 0.3) is 5.91 Å². The van der Waals surface area contributed by atoms with E-state index in [1.54, 1.807) is 23.1 Å². The van der Waals surface area contributed by atoms with E-state index in [1.807, 2.05) is 32.0 Å². The molecular formula is C19H14NO3S2-. The molecule has 4 nitrogen and oxygen atoms in total. The summed E-state index contributed by atoms with van der Waals surface area (Å²) in [6.45, 7) is 3.96. The van der Waals surface area contributed by atoms with E-state index in [9.17, 15) is 14.7 Å². The lowest BCUT2D eigenvalue weighted by atomic mass is 10.1. The first-order valence-corrected chi connectivity index (χ1v) is 8.76. The van der Waals surface area contributed by atoms with Crippen LogP contribution in [-0.4, -0.2) is 16.2 Å². The number of carboxylic acid groups (broad SMARTS) is 1. The molecule has 1 aliphatic heterocycles. The average Bonchev–Trinajstić information content (AvgIpc) is 2.85. The van der Waals surface area contributed by atoms with Gasteiger partial charge in [0.1, 0.15) is 0 Å². The van der Waals surface area contributed by atoms with Crippen LogP contribution < -0.4 is 10.0 Å². The van der Waals surface area contributed by atoms with Crippen molar-refractivity contribution in [1.82, 2.24) is 0 Å². The number of benzene rings is 2. The predicted molar refractivity (Wildman–Crippen MR) is 102 cm³/mol. The average molecular weight is 368 g/mol. The number of aromatic carboxylic acids is 1. The summed E-state index contributed by atoms with van der Waals surface area (Å²) in [6.07, 6.45) is 1.71. The Morgan fingerprint density at radius 2 is 1.84 bits per heavy atom. The highest BCUT2D eigenvalue weighted by Gasteiger charge is 2.34. The highest BCUT2D eigenvalue weighted by molar-refractivity contribution is 8.27. The highest BCUT2D eigenvalue weighted by Crippen LogP contribution is 2.37. The molecule has 25 heavy (non-hydrogen) atoms. The van der Waals surface area contributed by atoms with Gasteiger partial charge in [0.05, 0.1) is 16.6 Å². The summed E-state index contributed by atoms with van der Waals surface area (Å²) < 4.78 is 0.483. The summed E-state index contributed by atoms with van der Waals surface area (Å²) in [4.78, 5) is 25.7. The van der Waals surface area contributed by atoms with Gasteiger partial charge in [-0.25, -0.2) is 0 Å². The minimum atomic E-state index is -1.23. The third kappa shape index (κ3) is 3.36. The number of thiocarbonyl (C=S) groups is 1. The number of carbonyl (C=O) groups is 2. The normalized spacial score (nSPS) is 15.9. The van der Waals surface area contributed by atoms with Gasteiger partial charge < -0.3 is 9.90 Å². The second-order valence-corrected chi connectivity index (χ2v) is 7.32. The molecule has 0 unspecified atom stereocenters. The number of aryl methyl sites for hydroxylation is 1. The largest absolute Gasteiger partial charge is 0.545 e. The summed E-state index contributed by atoms with van der Waals surface area (Å²) in [7, 11) is 0. The fourth-order valence-electron chi connectivity index (χ4n) is 2.52. The molecule has 1 saturated heterocycles. The first-order chi connectivity index (χ1) is 11.9. The molecule has 1 amide bonds. The van der Waals surface area contributed by atoms with Crippen molar-refractivity contribution >= 4 is 51.9 Å². The molecule has 0 spiro atoms. The Kier molecular flexibility index (Phi) is 4.74. The maximum Gasteiger partial charge on any atom is 0.270 e. The number of carboxylic acids is 1. The van der Waals surface area contributed by atoms with E-state index in [-0.39, 0.29) is 11.5 Å². The van der Waals surface area contributed by atoms with Crippen molar-refractivity contribution in [2.45, 2.75) is 13.8 Å². The van der Waals surface area contributed by atoms with E-state index in [4.69, 9.17) is 12.2 Å². The Morgan fingerprint density at radius 3 is 2.48 bits per heavy atom. The van der Waals surface area contributed by atoms with Crippen molar-refractivity contribution in [2.24, 2.45) is 0 Å². The molecule has 0 N–H and O–H groups in total. The molecule has 2 aromatic rings. The van der Waals surface area contributed by atoms with Crippen LogP contribution in [0.1, 0.15) is 27.0 Å². The van der Waals surface area contributed by atoms with Gasteiger partial charge in [-0.15, -0.1) is 0 Å². The maximum atomic E-state index is 12.8. The quantitative estimate of drug-likeness (QED) is 0.615. The third-order valence-electron chi connectivity index (χ3n) is 4.05. The lowest BCUT2D eigenvalue weighted by Gasteiger charge is -2.18. The van der Waals surface area contributed by atoms with Gasteiger partial charge in [-0.1, -0.05) is 60.4 Å². The van der Waals surface area contributed by atoms with Crippen molar-refractivity contribution in [3.63, 3.8) is 0 Å². The van der Waals surface area contributed by atoms with Crippen LogP contribution in [0.5, 0.6) is 0 Å². The van der Waals surface area contributed by atoms with Gasteiger partial charge >= 0.3 is 0 Å². The molecule has 0 atom stereocenters. The van der Waals surface area contributed by atoms with Crippen molar-refractivity contribution in [2.75, 3.05) is 4.90 Å². The first kappa shape index (κ1) is 17.4. The van der Waals surface area contributed by atoms with Crippen LogP contribution >= 0.6 is 24.0 Å². The lowest BCUT2D eigenvalue weighted by molar-refractivity contribution is -0.255. The summed E-state index contributed by atoms with van der Waals surface area (Å²) in [5.41, 5.74) is 3.72. The Hall–Kier alpha value is -2.44. The number of anilines is 1. The fourth-order valence-corrected chi connectivity index (χ4v) is 3.80. The number of nitrogens with zero attached hydrogens (tertiary/aromatic N) is 1. The van der Waals surface area contributed by atoms with Crippen LogP contribution in [0.2, 0.25) is 0 Å². The minimum Gasteiger partial charge on any atom is -0.545 e. The zero-order chi connectivity index (χ0) is 18.1. The molecule has 0 radical (unpaired) electrons.